The Kier molecular flexibility index (Phi) is 7.67. The first-order valence-electron chi connectivity index (χ1n) is 9.87. The lowest BCUT2D eigenvalue weighted by Crippen LogP contribution is -2.09. The van der Waals surface area contributed by atoms with Gasteiger partial charge in [0.1, 0.15) is 0 Å². The molecule has 1 aliphatic heterocycles. The summed E-state index contributed by atoms with van der Waals surface area (Å²) in [4.78, 5) is 38.8. The lowest BCUT2D eigenvalue weighted by atomic mass is 10.1. The Morgan fingerprint density at radius 3 is 2.64 bits per heavy atom. The van der Waals surface area contributed by atoms with E-state index in [9.17, 15) is 19.7 Å². The average Bonchev–Trinajstić information content (AvgIpc) is 3.11. The molecule has 0 bridgehead atoms. The van der Waals surface area contributed by atoms with Gasteiger partial charge in [0.2, 0.25) is 5.90 Å². The Labute approximate surface area is 198 Å². The van der Waals surface area contributed by atoms with E-state index in [1.165, 1.54) is 36.4 Å². The summed E-state index contributed by atoms with van der Waals surface area (Å²) < 4.78 is 16.0. The second kappa shape index (κ2) is 10.5. The molecule has 0 radical (unpaired) electrons. The zero-order valence-electron chi connectivity index (χ0n) is 17.6. The average molecular weight is 493 g/mol. The maximum atomic E-state index is 12.4. The molecule has 2 aromatic carbocycles. The van der Waals surface area contributed by atoms with Gasteiger partial charge >= 0.3 is 11.9 Å². The smallest absolute Gasteiger partial charge is 0.363 e. The van der Waals surface area contributed by atoms with E-state index in [4.69, 9.17) is 37.4 Å². The fraction of sp³-hybridized carbons (Fsp3) is 0.227. The van der Waals surface area contributed by atoms with E-state index < -0.39 is 16.9 Å². The van der Waals surface area contributed by atoms with Crippen LogP contribution in [0.25, 0.3) is 6.08 Å². The van der Waals surface area contributed by atoms with Crippen molar-refractivity contribution in [1.82, 2.24) is 0 Å². The molecule has 0 aliphatic carbocycles. The van der Waals surface area contributed by atoms with Crippen molar-refractivity contribution in [2.75, 3.05) is 6.61 Å². The number of hydrogen-bond acceptors (Lipinski definition) is 8. The number of rotatable bonds is 8. The molecule has 0 fully saturated rings. The zero-order valence-corrected chi connectivity index (χ0v) is 19.1. The van der Waals surface area contributed by atoms with E-state index in [2.05, 4.69) is 4.99 Å². The molecule has 1 aliphatic rings. The van der Waals surface area contributed by atoms with Crippen molar-refractivity contribution in [3.8, 4) is 11.5 Å². The topological polar surface area (TPSA) is 117 Å². The third-order valence-electron chi connectivity index (χ3n) is 4.32. The van der Waals surface area contributed by atoms with Crippen LogP contribution in [0.1, 0.15) is 37.8 Å². The predicted molar refractivity (Wildman–Crippen MR) is 122 cm³/mol. The monoisotopic (exact) mass is 492 g/mol. The normalized spacial score (nSPS) is 14.1. The number of nitro groups is 1. The first-order valence-corrected chi connectivity index (χ1v) is 10.6. The van der Waals surface area contributed by atoms with E-state index in [1.54, 1.807) is 6.92 Å². The molecule has 0 amide bonds. The molecular formula is C22H18Cl2N2O7. The summed E-state index contributed by atoms with van der Waals surface area (Å²) in [6, 6.07) is 6.73. The molecule has 0 saturated heterocycles. The van der Waals surface area contributed by atoms with Crippen molar-refractivity contribution < 1.29 is 28.7 Å². The second-order valence-corrected chi connectivity index (χ2v) is 7.56. The molecule has 2 aromatic rings. The van der Waals surface area contributed by atoms with Gasteiger partial charge in [-0.1, -0.05) is 30.1 Å². The third-order valence-corrected chi connectivity index (χ3v) is 4.93. The van der Waals surface area contributed by atoms with Crippen LogP contribution >= 0.6 is 23.2 Å². The van der Waals surface area contributed by atoms with Crippen molar-refractivity contribution in [2.24, 2.45) is 4.99 Å². The van der Waals surface area contributed by atoms with Crippen molar-refractivity contribution in [2.45, 2.75) is 26.7 Å². The standard InChI is InChI=1S/C22H18Cl2N2O7/c1-3-5-19(27)32-20-16(24)8-12(10-18(20)31-4-2)9-17-22(28)33-21(25-17)14-11-13(26(29)30)6-7-15(14)23/h6-11H,3-5H2,1-2H3/b17-9-. The SMILES string of the molecule is CCCC(=O)Oc1c(Cl)cc(/C=C2\N=C(c3cc([N+](=O)[O-])ccc3Cl)OC2=O)cc1OCC. The summed E-state index contributed by atoms with van der Waals surface area (Å²) in [7, 11) is 0. The number of benzene rings is 2. The summed E-state index contributed by atoms with van der Waals surface area (Å²) in [5.74, 6) is -1.09. The van der Waals surface area contributed by atoms with Gasteiger partial charge < -0.3 is 14.2 Å². The highest BCUT2D eigenvalue weighted by Crippen LogP contribution is 2.38. The molecule has 0 spiro atoms. The number of halogens is 2. The van der Waals surface area contributed by atoms with E-state index in [0.29, 0.717) is 12.0 Å². The van der Waals surface area contributed by atoms with Gasteiger partial charge in [0.25, 0.3) is 5.69 Å². The first-order chi connectivity index (χ1) is 15.7. The number of nitro benzene ring substituents is 1. The quantitative estimate of drug-likeness (QED) is 0.160. The predicted octanol–water partition coefficient (Wildman–Crippen LogP) is 5.35. The molecule has 172 valence electrons. The van der Waals surface area contributed by atoms with E-state index >= 15 is 0 Å². The number of cyclic esters (lactones) is 1. The summed E-state index contributed by atoms with van der Waals surface area (Å²) in [5.41, 5.74) is 0.225. The zero-order chi connectivity index (χ0) is 24.1. The summed E-state index contributed by atoms with van der Waals surface area (Å²) in [5, 5.41) is 11.3. The molecule has 11 heteroatoms. The fourth-order valence-corrected chi connectivity index (χ4v) is 3.33. The molecule has 33 heavy (non-hydrogen) atoms. The van der Waals surface area contributed by atoms with Gasteiger partial charge in [0.05, 0.1) is 27.1 Å². The molecule has 0 unspecified atom stereocenters. The van der Waals surface area contributed by atoms with Crippen molar-refractivity contribution in [3.05, 3.63) is 67.3 Å². The summed E-state index contributed by atoms with van der Waals surface area (Å²) in [6.45, 7) is 3.88. The molecular weight excluding hydrogens is 475 g/mol. The van der Waals surface area contributed by atoms with Crippen molar-refractivity contribution in [3.63, 3.8) is 0 Å². The van der Waals surface area contributed by atoms with Crippen LogP contribution in [0.3, 0.4) is 0 Å². The second-order valence-electron chi connectivity index (χ2n) is 6.74. The van der Waals surface area contributed by atoms with Gasteiger partial charge in [-0.15, -0.1) is 0 Å². The van der Waals surface area contributed by atoms with Crippen LogP contribution in [0.15, 0.2) is 41.0 Å². The third kappa shape index (κ3) is 5.68. The number of ether oxygens (including phenoxy) is 3. The number of carbonyl (C=O) groups excluding carboxylic acids is 2. The first kappa shape index (κ1) is 24.2. The lowest BCUT2D eigenvalue weighted by Gasteiger charge is -2.13. The number of carbonyl (C=O) groups is 2. The fourth-order valence-electron chi connectivity index (χ4n) is 2.88. The number of nitrogens with zero attached hydrogens (tertiary/aromatic N) is 2. The number of aliphatic imine (C=N–C) groups is 1. The van der Waals surface area contributed by atoms with E-state index in [-0.39, 0.29) is 57.4 Å². The minimum absolute atomic E-state index is 0.0817. The van der Waals surface area contributed by atoms with Crippen LogP contribution in [0.2, 0.25) is 10.0 Å². The van der Waals surface area contributed by atoms with Crippen LogP contribution in [0.5, 0.6) is 11.5 Å². The van der Waals surface area contributed by atoms with Crippen molar-refractivity contribution in [1.29, 1.82) is 0 Å². The Hall–Kier alpha value is -3.43. The molecule has 0 N–H and O–H groups in total. The maximum Gasteiger partial charge on any atom is 0.363 e. The highest BCUT2D eigenvalue weighted by molar-refractivity contribution is 6.34. The number of esters is 2. The van der Waals surface area contributed by atoms with Crippen LogP contribution in [0, 0.1) is 10.1 Å². The molecule has 3 rings (SSSR count). The van der Waals surface area contributed by atoms with Gasteiger partial charge in [-0.3, -0.25) is 14.9 Å². The Morgan fingerprint density at radius 2 is 1.97 bits per heavy atom. The highest BCUT2D eigenvalue weighted by atomic mass is 35.5. The summed E-state index contributed by atoms with van der Waals surface area (Å²) >= 11 is 12.4. The van der Waals surface area contributed by atoms with Gasteiger partial charge in [0, 0.05) is 18.6 Å². The van der Waals surface area contributed by atoms with E-state index in [1.807, 2.05) is 6.92 Å². The molecule has 0 atom stereocenters. The maximum absolute atomic E-state index is 12.4. The van der Waals surface area contributed by atoms with Crippen LogP contribution in [-0.2, 0) is 14.3 Å². The number of non-ortho nitro benzene ring substituents is 1. The molecule has 9 nitrogen and oxygen atoms in total. The highest BCUT2D eigenvalue weighted by Gasteiger charge is 2.27. The van der Waals surface area contributed by atoms with Crippen LogP contribution in [0.4, 0.5) is 5.69 Å². The van der Waals surface area contributed by atoms with Crippen LogP contribution < -0.4 is 9.47 Å². The minimum Gasteiger partial charge on any atom is -0.490 e. The molecule has 1 heterocycles. The van der Waals surface area contributed by atoms with Gasteiger partial charge in [0.15, 0.2) is 17.2 Å². The van der Waals surface area contributed by atoms with Gasteiger partial charge in [-0.05, 0) is 43.2 Å². The Morgan fingerprint density at radius 1 is 1.21 bits per heavy atom. The van der Waals surface area contributed by atoms with Gasteiger partial charge in [-0.25, -0.2) is 9.79 Å². The molecule has 0 saturated carbocycles. The Balaban J connectivity index is 1.98. The lowest BCUT2D eigenvalue weighted by molar-refractivity contribution is -0.384. The summed E-state index contributed by atoms with van der Waals surface area (Å²) in [6.07, 6.45) is 2.23. The largest absolute Gasteiger partial charge is 0.490 e. The number of hydrogen-bond donors (Lipinski definition) is 0. The van der Waals surface area contributed by atoms with Gasteiger partial charge in [-0.2, -0.15) is 0 Å². The molecule has 0 aromatic heterocycles. The Bertz CT molecular complexity index is 1190. The van der Waals surface area contributed by atoms with Crippen molar-refractivity contribution >= 4 is 52.8 Å². The minimum atomic E-state index is -0.778. The van der Waals surface area contributed by atoms with Crippen LogP contribution in [-0.4, -0.2) is 29.4 Å². The van der Waals surface area contributed by atoms with E-state index in [0.717, 1.165) is 0 Å².